The highest BCUT2D eigenvalue weighted by molar-refractivity contribution is 9.10. The van der Waals surface area contributed by atoms with Crippen molar-refractivity contribution < 1.29 is 5.11 Å². The van der Waals surface area contributed by atoms with Crippen molar-refractivity contribution in [3.8, 4) is 0 Å². The molecule has 0 spiro atoms. The van der Waals surface area contributed by atoms with Gasteiger partial charge in [-0.3, -0.25) is 4.98 Å². The summed E-state index contributed by atoms with van der Waals surface area (Å²) in [5.74, 6) is 0.519. The molecule has 0 aliphatic heterocycles. The first-order valence-electron chi connectivity index (χ1n) is 5.92. The van der Waals surface area contributed by atoms with Gasteiger partial charge in [-0.25, -0.2) is 0 Å². The van der Waals surface area contributed by atoms with Crippen molar-refractivity contribution in [3.63, 3.8) is 0 Å². The number of nitrogens with zero attached hydrogens (tertiary/aromatic N) is 1. The maximum absolute atomic E-state index is 9.64. The molecule has 1 aromatic rings. The largest absolute Gasteiger partial charge is 0.396 e. The molecule has 0 saturated carbocycles. The van der Waals surface area contributed by atoms with Crippen LogP contribution in [0, 0.1) is 11.3 Å². The number of halogens is 1. The lowest BCUT2D eigenvalue weighted by atomic mass is 9.76. The number of hydrogen-bond acceptors (Lipinski definition) is 3. The van der Waals surface area contributed by atoms with E-state index < -0.39 is 0 Å². The zero-order valence-corrected chi connectivity index (χ0v) is 12.1. The highest BCUT2D eigenvalue weighted by Gasteiger charge is 2.29. The molecule has 0 amide bonds. The number of pyridine rings is 1. The van der Waals surface area contributed by atoms with Crippen molar-refractivity contribution >= 4 is 15.9 Å². The lowest BCUT2D eigenvalue weighted by molar-refractivity contribution is 0.108. The van der Waals surface area contributed by atoms with E-state index in [4.69, 9.17) is 5.73 Å². The van der Waals surface area contributed by atoms with Gasteiger partial charge >= 0.3 is 0 Å². The summed E-state index contributed by atoms with van der Waals surface area (Å²) < 4.78 is 0.961. The highest BCUT2D eigenvalue weighted by atomic mass is 79.9. The minimum atomic E-state index is -0.226. The molecule has 1 heterocycles. The van der Waals surface area contributed by atoms with Crippen LogP contribution in [0.3, 0.4) is 0 Å². The Bertz CT molecular complexity index is 351. The minimum Gasteiger partial charge on any atom is -0.396 e. The normalized spacial score (nSPS) is 14.9. The number of aliphatic hydroxyl groups excluding tert-OH is 1. The Morgan fingerprint density at radius 1 is 1.47 bits per heavy atom. The van der Waals surface area contributed by atoms with E-state index in [2.05, 4.69) is 34.8 Å². The Labute approximate surface area is 112 Å². The summed E-state index contributed by atoms with van der Waals surface area (Å²) in [6.45, 7) is 4.92. The van der Waals surface area contributed by atoms with Crippen LogP contribution >= 0.6 is 15.9 Å². The fourth-order valence-corrected chi connectivity index (χ4v) is 2.68. The molecule has 0 aromatic carbocycles. The second-order valence-corrected chi connectivity index (χ2v) is 6.06. The lowest BCUT2D eigenvalue weighted by Gasteiger charge is -2.32. The van der Waals surface area contributed by atoms with E-state index in [0.29, 0.717) is 12.5 Å². The molecule has 96 valence electrons. The van der Waals surface area contributed by atoms with Crippen LogP contribution in [0.1, 0.15) is 25.8 Å². The number of rotatable bonds is 6. The molecular formula is C13H21BrN2O. The maximum Gasteiger partial charge on any atom is 0.0502 e. The van der Waals surface area contributed by atoms with Crippen LogP contribution in [-0.4, -0.2) is 23.2 Å². The summed E-state index contributed by atoms with van der Waals surface area (Å²) in [6, 6.07) is 2.04. The van der Waals surface area contributed by atoms with E-state index in [0.717, 1.165) is 22.9 Å². The second kappa shape index (κ2) is 6.47. The van der Waals surface area contributed by atoms with Crippen molar-refractivity contribution in [1.29, 1.82) is 0 Å². The van der Waals surface area contributed by atoms with Gasteiger partial charge in [0.2, 0.25) is 0 Å². The van der Waals surface area contributed by atoms with E-state index in [1.54, 1.807) is 6.20 Å². The first kappa shape index (κ1) is 14.6. The van der Waals surface area contributed by atoms with Gasteiger partial charge in [0.1, 0.15) is 0 Å². The average Bonchev–Trinajstić information content (AvgIpc) is 2.27. The van der Waals surface area contributed by atoms with Gasteiger partial charge in [0.05, 0.1) is 6.61 Å². The summed E-state index contributed by atoms with van der Waals surface area (Å²) in [7, 11) is 0. The Kier molecular flexibility index (Phi) is 5.56. The first-order valence-corrected chi connectivity index (χ1v) is 6.71. The van der Waals surface area contributed by atoms with E-state index >= 15 is 0 Å². The fourth-order valence-electron chi connectivity index (χ4n) is 2.26. The molecule has 0 aliphatic carbocycles. The molecule has 1 atom stereocenters. The van der Waals surface area contributed by atoms with Gasteiger partial charge < -0.3 is 10.8 Å². The van der Waals surface area contributed by atoms with Gasteiger partial charge in [-0.05, 0) is 46.3 Å². The molecule has 3 N–H and O–H groups in total. The molecule has 0 aliphatic rings. The van der Waals surface area contributed by atoms with Gasteiger partial charge in [-0.2, -0.15) is 0 Å². The molecule has 4 heteroatoms. The molecule has 1 rings (SSSR count). The molecule has 1 unspecified atom stereocenters. The topological polar surface area (TPSA) is 59.1 Å². The average molecular weight is 301 g/mol. The summed E-state index contributed by atoms with van der Waals surface area (Å²) in [5.41, 5.74) is 6.75. The number of nitrogens with two attached hydrogens (primary N) is 1. The van der Waals surface area contributed by atoms with Crippen molar-refractivity contribution in [1.82, 2.24) is 4.98 Å². The Morgan fingerprint density at radius 3 is 2.65 bits per heavy atom. The predicted molar refractivity (Wildman–Crippen MR) is 73.7 cm³/mol. The van der Waals surface area contributed by atoms with Crippen molar-refractivity contribution in [2.45, 2.75) is 26.7 Å². The minimum absolute atomic E-state index is 0.119. The van der Waals surface area contributed by atoms with E-state index in [1.807, 2.05) is 12.3 Å². The third kappa shape index (κ3) is 4.37. The van der Waals surface area contributed by atoms with E-state index in [1.165, 1.54) is 0 Å². The molecule has 17 heavy (non-hydrogen) atoms. The van der Waals surface area contributed by atoms with Gasteiger partial charge in [0, 0.05) is 28.8 Å². The Hall–Kier alpha value is -0.450. The summed E-state index contributed by atoms with van der Waals surface area (Å²) in [5, 5.41) is 9.64. The van der Waals surface area contributed by atoms with Gasteiger partial charge in [0.25, 0.3) is 0 Å². The molecule has 0 radical (unpaired) electrons. The SMILES string of the molecule is CC(C)CC(CN)(CO)Cc1cncc(Br)c1. The van der Waals surface area contributed by atoms with Crippen molar-refractivity contribution in [3.05, 3.63) is 28.5 Å². The Morgan fingerprint density at radius 2 is 2.18 bits per heavy atom. The van der Waals surface area contributed by atoms with Crippen LogP contribution in [0.4, 0.5) is 0 Å². The fraction of sp³-hybridized carbons (Fsp3) is 0.615. The predicted octanol–water partition coefficient (Wildman–Crippen LogP) is 2.37. The van der Waals surface area contributed by atoms with Crippen LogP contribution in [-0.2, 0) is 6.42 Å². The number of aliphatic hydroxyl groups is 1. The summed E-state index contributed by atoms with van der Waals surface area (Å²) in [6.07, 6.45) is 5.29. The highest BCUT2D eigenvalue weighted by Crippen LogP contribution is 2.29. The molecule has 0 saturated heterocycles. The zero-order valence-electron chi connectivity index (χ0n) is 10.5. The lowest BCUT2D eigenvalue weighted by Crippen LogP contribution is -2.37. The molecular weight excluding hydrogens is 280 g/mol. The van der Waals surface area contributed by atoms with Crippen molar-refractivity contribution in [2.24, 2.45) is 17.1 Å². The third-order valence-corrected chi connectivity index (χ3v) is 3.38. The molecule has 1 aromatic heterocycles. The summed E-state index contributed by atoms with van der Waals surface area (Å²) >= 11 is 3.41. The monoisotopic (exact) mass is 300 g/mol. The Balaban J connectivity index is 2.85. The van der Waals surface area contributed by atoms with Crippen LogP contribution in [0.25, 0.3) is 0 Å². The molecule has 0 bridgehead atoms. The van der Waals surface area contributed by atoms with Crippen LogP contribution < -0.4 is 5.73 Å². The van der Waals surface area contributed by atoms with E-state index in [-0.39, 0.29) is 12.0 Å². The molecule has 3 nitrogen and oxygen atoms in total. The van der Waals surface area contributed by atoms with Gasteiger partial charge in [0.15, 0.2) is 0 Å². The zero-order chi connectivity index (χ0) is 12.9. The number of aromatic nitrogens is 1. The quantitative estimate of drug-likeness (QED) is 0.848. The van der Waals surface area contributed by atoms with Crippen molar-refractivity contribution in [2.75, 3.05) is 13.2 Å². The van der Waals surface area contributed by atoms with Gasteiger partial charge in [-0.1, -0.05) is 13.8 Å². The van der Waals surface area contributed by atoms with Gasteiger partial charge in [-0.15, -0.1) is 0 Å². The maximum atomic E-state index is 9.64. The number of hydrogen-bond donors (Lipinski definition) is 2. The van der Waals surface area contributed by atoms with Crippen LogP contribution in [0.2, 0.25) is 0 Å². The first-order chi connectivity index (χ1) is 8.01. The van der Waals surface area contributed by atoms with Crippen LogP contribution in [0.15, 0.2) is 22.9 Å². The standard InChI is InChI=1S/C13H21BrN2O/c1-10(2)4-13(8-15,9-17)5-11-3-12(14)7-16-6-11/h3,6-7,10,17H,4-5,8-9,15H2,1-2H3. The third-order valence-electron chi connectivity index (χ3n) is 2.95. The second-order valence-electron chi connectivity index (χ2n) is 5.15. The van der Waals surface area contributed by atoms with E-state index in [9.17, 15) is 5.11 Å². The smallest absolute Gasteiger partial charge is 0.0502 e. The van der Waals surface area contributed by atoms with Crippen LogP contribution in [0.5, 0.6) is 0 Å². The summed E-state index contributed by atoms with van der Waals surface area (Å²) in [4.78, 5) is 4.15. The molecule has 0 fully saturated rings.